The lowest BCUT2D eigenvalue weighted by molar-refractivity contribution is 0.232. The summed E-state index contributed by atoms with van der Waals surface area (Å²) in [7, 11) is 0. The third-order valence-corrected chi connectivity index (χ3v) is 3.81. The Kier molecular flexibility index (Phi) is 4.55. The Morgan fingerprint density at radius 1 is 1.44 bits per heavy atom. The first-order valence-corrected chi connectivity index (χ1v) is 6.83. The van der Waals surface area contributed by atoms with E-state index in [2.05, 4.69) is 28.6 Å². The largest absolute Gasteiger partial charge is 0.392 e. The lowest BCUT2D eigenvalue weighted by atomic mass is 10.2. The molecular formula is C14H23N3O. The second kappa shape index (κ2) is 6.16. The van der Waals surface area contributed by atoms with Gasteiger partial charge in [0.25, 0.3) is 0 Å². The summed E-state index contributed by atoms with van der Waals surface area (Å²) in [4.78, 5) is 9.24. The Labute approximate surface area is 109 Å². The fraction of sp³-hybridized carbons (Fsp3) is 0.643. The van der Waals surface area contributed by atoms with E-state index in [1.54, 1.807) is 6.20 Å². The summed E-state index contributed by atoms with van der Waals surface area (Å²) in [6, 6.07) is 4.49. The summed E-state index contributed by atoms with van der Waals surface area (Å²) in [5.74, 6) is 0.996. The second-order valence-electron chi connectivity index (χ2n) is 4.79. The van der Waals surface area contributed by atoms with Gasteiger partial charge in [0.1, 0.15) is 5.82 Å². The van der Waals surface area contributed by atoms with Gasteiger partial charge in [0.15, 0.2) is 0 Å². The molecule has 1 aromatic rings. The average Bonchev–Trinajstić information content (AvgIpc) is 2.90. The number of likely N-dealkylation sites (N-methyl/N-ethyl adjacent to an activating group) is 1. The Morgan fingerprint density at radius 3 is 2.89 bits per heavy atom. The number of hydrogen-bond acceptors (Lipinski definition) is 4. The van der Waals surface area contributed by atoms with E-state index in [0.717, 1.165) is 37.6 Å². The minimum absolute atomic E-state index is 0.0861. The second-order valence-corrected chi connectivity index (χ2v) is 4.79. The molecule has 0 saturated carbocycles. The van der Waals surface area contributed by atoms with Gasteiger partial charge in [0.05, 0.1) is 6.61 Å². The number of anilines is 1. The number of aromatic nitrogens is 1. The molecule has 1 aliphatic rings. The van der Waals surface area contributed by atoms with Gasteiger partial charge in [-0.15, -0.1) is 0 Å². The van der Waals surface area contributed by atoms with Crippen molar-refractivity contribution in [1.82, 2.24) is 9.88 Å². The van der Waals surface area contributed by atoms with Crippen molar-refractivity contribution in [3.8, 4) is 0 Å². The summed E-state index contributed by atoms with van der Waals surface area (Å²) in [6.07, 6.45) is 2.98. The summed E-state index contributed by atoms with van der Waals surface area (Å²) >= 11 is 0. The van der Waals surface area contributed by atoms with Crippen LogP contribution in [0.2, 0.25) is 0 Å². The first-order chi connectivity index (χ1) is 8.78. The van der Waals surface area contributed by atoms with Crippen molar-refractivity contribution >= 4 is 5.82 Å². The van der Waals surface area contributed by atoms with Crippen molar-refractivity contribution in [1.29, 1.82) is 0 Å². The van der Waals surface area contributed by atoms with E-state index in [4.69, 9.17) is 5.11 Å². The zero-order chi connectivity index (χ0) is 13.0. The molecule has 4 heteroatoms. The smallest absolute Gasteiger partial charge is 0.128 e. The van der Waals surface area contributed by atoms with E-state index in [9.17, 15) is 0 Å². The highest BCUT2D eigenvalue weighted by Gasteiger charge is 2.26. The van der Waals surface area contributed by atoms with E-state index < -0.39 is 0 Å². The standard InChI is InChI=1S/C14H23N3O/c1-3-16(4-2)13-6-8-17(10-13)14-9-12(11-18)5-7-15-14/h5,7,9,13,18H,3-4,6,8,10-11H2,1-2H3. The first kappa shape index (κ1) is 13.3. The molecule has 1 unspecified atom stereocenters. The molecule has 0 aliphatic carbocycles. The minimum Gasteiger partial charge on any atom is -0.392 e. The van der Waals surface area contributed by atoms with E-state index >= 15 is 0 Å². The Hall–Kier alpha value is -1.13. The summed E-state index contributed by atoms with van der Waals surface area (Å²) in [5, 5.41) is 9.17. The van der Waals surface area contributed by atoms with Crippen LogP contribution >= 0.6 is 0 Å². The van der Waals surface area contributed by atoms with E-state index in [1.165, 1.54) is 6.42 Å². The van der Waals surface area contributed by atoms with Gasteiger partial charge in [-0.1, -0.05) is 13.8 Å². The molecule has 1 atom stereocenters. The number of hydrogen-bond donors (Lipinski definition) is 1. The summed E-state index contributed by atoms with van der Waals surface area (Å²) in [6.45, 7) is 8.85. The molecule has 0 radical (unpaired) electrons. The lowest BCUT2D eigenvalue weighted by Gasteiger charge is -2.26. The van der Waals surface area contributed by atoms with Crippen LogP contribution in [0.15, 0.2) is 18.3 Å². The van der Waals surface area contributed by atoms with Gasteiger partial charge in [0, 0.05) is 25.3 Å². The van der Waals surface area contributed by atoms with Crippen molar-refractivity contribution in [2.45, 2.75) is 32.9 Å². The van der Waals surface area contributed by atoms with Crippen LogP contribution in [0.1, 0.15) is 25.8 Å². The molecule has 1 aromatic heterocycles. The summed E-state index contributed by atoms with van der Waals surface area (Å²) < 4.78 is 0. The zero-order valence-electron chi connectivity index (χ0n) is 11.3. The number of aliphatic hydroxyl groups is 1. The Balaban J connectivity index is 2.03. The van der Waals surface area contributed by atoms with Gasteiger partial charge < -0.3 is 10.0 Å². The average molecular weight is 249 g/mol. The normalized spacial score (nSPS) is 19.8. The van der Waals surface area contributed by atoms with Crippen LogP contribution in [0, 0.1) is 0 Å². The maximum Gasteiger partial charge on any atom is 0.128 e. The molecule has 18 heavy (non-hydrogen) atoms. The van der Waals surface area contributed by atoms with Crippen LogP contribution in [0.5, 0.6) is 0 Å². The number of pyridine rings is 1. The van der Waals surface area contributed by atoms with Crippen LogP contribution in [0.25, 0.3) is 0 Å². The van der Waals surface area contributed by atoms with Gasteiger partial charge in [0.2, 0.25) is 0 Å². The zero-order valence-corrected chi connectivity index (χ0v) is 11.3. The van der Waals surface area contributed by atoms with Gasteiger partial charge in [-0.25, -0.2) is 4.98 Å². The lowest BCUT2D eigenvalue weighted by Crippen LogP contribution is -2.37. The van der Waals surface area contributed by atoms with E-state index in [-0.39, 0.29) is 6.61 Å². The van der Waals surface area contributed by atoms with Gasteiger partial charge in [-0.05, 0) is 37.2 Å². The molecule has 4 nitrogen and oxygen atoms in total. The molecule has 1 fully saturated rings. The van der Waals surface area contributed by atoms with Crippen LogP contribution in [0.4, 0.5) is 5.82 Å². The maximum atomic E-state index is 9.17. The Morgan fingerprint density at radius 2 is 2.22 bits per heavy atom. The minimum atomic E-state index is 0.0861. The number of nitrogens with zero attached hydrogens (tertiary/aromatic N) is 3. The molecule has 1 saturated heterocycles. The maximum absolute atomic E-state index is 9.17. The Bertz CT molecular complexity index is 379. The van der Waals surface area contributed by atoms with Crippen LogP contribution in [0.3, 0.4) is 0 Å². The van der Waals surface area contributed by atoms with E-state index in [1.807, 2.05) is 12.1 Å². The predicted octanol–water partition coefficient (Wildman–Crippen LogP) is 1.49. The monoisotopic (exact) mass is 249 g/mol. The van der Waals surface area contributed by atoms with E-state index in [0.29, 0.717) is 6.04 Å². The SMILES string of the molecule is CCN(CC)C1CCN(c2cc(CO)ccn2)C1. The van der Waals surface area contributed by atoms with Gasteiger partial charge >= 0.3 is 0 Å². The van der Waals surface area contributed by atoms with Gasteiger partial charge in [-0.2, -0.15) is 0 Å². The third kappa shape index (κ3) is 2.82. The molecule has 0 spiro atoms. The van der Waals surface area contributed by atoms with Crippen molar-refractivity contribution in [2.24, 2.45) is 0 Å². The first-order valence-electron chi connectivity index (χ1n) is 6.83. The highest BCUT2D eigenvalue weighted by Crippen LogP contribution is 2.21. The van der Waals surface area contributed by atoms with Crippen molar-refractivity contribution in [2.75, 3.05) is 31.1 Å². The van der Waals surface area contributed by atoms with Crippen LogP contribution < -0.4 is 4.90 Å². The predicted molar refractivity (Wildman–Crippen MR) is 73.7 cm³/mol. The highest BCUT2D eigenvalue weighted by molar-refractivity contribution is 5.42. The third-order valence-electron chi connectivity index (χ3n) is 3.81. The highest BCUT2D eigenvalue weighted by atomic mass is 16.3. The fourth-order valence-corrected chi connectivity index (χ4v) is 2.72. The quantitative estimate of drug-likeness (QED) is 0.858. The van der Waals surface area contributed by atoms with Crippen molar-refractivity contribution in [3.63, 3.8) is 0 Å². The summed E-state index contributed by atoms with van der Waals surface area (Å²) in [5.41, 5.74) is 0.936. The van der Waals surface area contributed by atoms with Gasteiger partial charge in [-0.3, -0.25) is 4.90 Å². The van der Waals surface area contributed by atoms with Crippen LogP contribution in [-0.4, -0.2) is 47.2 Å². The molecule has 2 heterocycles. The molecule has 0 amide bonds. The molecule has 1 aliphatic heterocycles. The topological polar surface area (TPSA) is 39.6 Å². The fourth-order valence-electron chi connectivity index (χ4n) is 2.72. The van der Waals surface area contributed by atoms with Crippen molar-refractivity contribution < 1.29 is 5.11 Å². The molecule has 2 rings (SSSR count). The molecule has 0 bridgehead atoms. The number of aliphatic hydroxyl groups excluding tert-OH is 1. The van der Waals surface area contributed by atoms with Crippen LogP contribution in [-0.2, 0) is 6.61 Å². The molecular weight excluding hydrogens is 226 g/mol. The number of rotatable bonds is 5. The molecule has 0 aromatic carbocycles. The molecule has 100 valence electrons. The van der Waals surface area contributed by atoms with Crippen molar-refractivity contribution in [3.05, 3.63) is 23.9 Å². The molecule has 1 N–H and O–H groups in total.